The number of aliphatic carboxylic acids is 1. The van der Waals surface area contributed by atoms with Gasteiger partial charge < -0.3 is 14.7 Å². The van der Waals surface area contributed by atoms with Crippen LogP contribution in [0.15, 0.2) is 24.3 Å². The molecule has 0 saturated carbocycles. The van der Waals surface area contributed by atoms with Crippen molar-refractivity contribution in [3.8, 4) is 0 Å². The van der Waals surface area contributed by atoms with Crippen molar-refractivity contribution in [3.05, 3.63) is 35.4 Å². The predicted octanol–water partition coefficient (Wildman–Crippen LogP) is 1.59. The third-order valence-electron chi connectivity index (χ3n) is 4.08. The number of nitrogens with zero attached hydrogens (tertiary/aromatic N) is 1. The third-order valence-corrected chi connectivity index (χ3v) is 4.08. The minimum Gasteiger partial charge on any atom is -0.480 e. The standard InChI is InChI=1S/C16H21NO4/c1-12-3-5-13(6-4-12)16(7-9-21-10-8-16)15(20)17(2)11-14(18)19/h3-6H,7-11H2,1-2H3,(H,18,19). The van der Waals surface area contributed by atoms with Gasteiger partial charge in [0, 0.05) is 20.3 Å². The lowest BCUT2D eigenvalue weighted by Gasteiger charge is -2.38. The molecular formula is C16H21NO4. The molecule has 2 rings (SSSR count). The van der Waals surface area contributed by atoms with Gasteiger partial charge in [0.15, 0.2) is 0 Å². The molecule has 1 aliphatic rings. The Morgan fingerprint density at radius 1 is 1.24 bits per heavy atom. The van der Waals surface area contributed by atoms with E-state index in [1.54, 1.807) is 7.05 Å². The molecule has 0 atom stereocenters. The van der Waals surface area contributed by atoms with Gasteiger partial charge in [-0.3, -0.25) is 9.59 Å². The largest absolute Gasteiger partial charge is 0.480 e. The summed E-state index contributed by atoms with van der Waals surface area (Å²) in [4.78, 5) is 25.0. The van der Waals surface area contributed by atoms with Crippen molar-refractivity contribution in [1.82, 2.24) is 4.90 Å². The minimum absolute atomic E-state index is 0.142. The molecule has 1 N–H and O–H groups in total. The molecule has 0 radical (unpaired) electrons. The molecule has 21 heavy (non-hydrogen) atoms. The van der Waals surface area contributed by atoms with Gasteiger partial charge >= 0.3 is 5.97 Å². The number of rotatable bonds is 4. The Balaban J connectivity index is 2.34. The Kier molecular flexibility index (Phi) is 4.63. The van der Waals surface area contributed by atoms with E-state index in [0.717, 1.165) is 11.1 Å². The van der Waals surface area contributed by atoms with Crippen LogP contribution in [0, 0.1) is 6.92 Å². The Morgan fingerprint density at radius 3 is 2.33 bits per heavy atom. The summed E-state index contributed by atoms with van der Waals surface area (Å²) >= 11 is 0. The smallest absolute Gasteiger partial charge is 0.323 e. The topological polar surface area (TPSA) is 66.8 Å². The fourth-order valence-electron chi connectivity index (χ4n) is 2.86. The van der Waals surface area contributed by atoms with Crippen molar-refractivity contribution in [2.24, 2.45) is 0 Å². The number of hydrogen-bond acceptors (Lipinski definition) is 3. The zero-order chi connectivity index (χ0) is 15.5. The van der Waals surface area contributed by atoms with Crippen LogP contribution in [0.1, 0.15) is 24.0 Å². The number of hydrogen-bond donors (Lipinski definition) is 1. The number of likely N-dealkylation sites (N-methyl/N-ethyl adjacent to an activating group) is 1. The van der Waals surface area contributed by atoms with Crippen molar-refractivity contribution >= 4 is 11.9 Å². The maximum Gasteiger partial charge on any atom is 0.323 e. The van der Waals surface area contributed by atoms with Crippen molar-refractivity contribution < 1.29 is 19.4 Å². The van der Waals surface area contributed by atoms with E-state index < -0.39 is 11.4 Å². The molecule has 114 valence electrons. The first kappa shape index (κ1) is 15.5. The molecule has 0 aliphatic carbocycles. The summed E-state index contributed by atoms with van der Waals surface area (Å²) in [7, 11) is 1.54. The van der Waals surface area contributed by atoms with Crippen LogP contribution in [-0.2, 0) is 19.7 Å². The van der Waals surface area contributed by atoms with E-state index in [-0.39, 0.29) is 12.5 Å². The van der Waals surface area contributed by atoms with Crippen molar-refractivity contribution in [1.29, 1.82) is 0 Å². The molecule has 0 spiro atoms. The Labute approximate surface area is 124 Å². The quantitative estimate of drug-likeness (QED) is 0.914. The highest BCUT2D eigenvalue weighted by molar-refractivity contribution is 5.90. The number of carboxylic acids is 1. The lowest BCUT2D eigenvalue weighted by molar-refractivity contribution is -0.148. The molecule has 1 heterocycles. The SMILES string of the molecule is Cc1ccc(C2(C(=O)N(C)CC(=O)O)CCOCC2)cc1. The van der Waals surface area contributed by atoms with Gasteiger partial charge in [-0.25, -0.2) is 0 Å². The average Bonchev–Trinajstić information content (AvgIpc) is 2.47. The van der Waals surface area contributed by atoms with Gasteiger partial charge in [0.05, 0.1) is 5.41 Å². The predicted molar refractivity (Wildman–Crippen MR) is 78.2 cm³/mol. The van der Waals surface area contributed by atoms with Crippen molar-refractivity contribution in [3.63, 3.8) is 0 Å². The second kappa shape index (κ2) is 6.26. The van der Waals surface area contributed by atoms with Crippen LogP contribution in [0.2, 0.25) is 0 Å². The van der Waals surface area contributed by atoms with Gasteiger partial charge in [0.25, 0.3) is 0 Å². The molecule has 1 aromatic rings. The summed E-state index contributed by atoms with van der Waals surface area (Å²) in [6, 6.07) is 7.90. The van der Waals surface area contributed by atoms with Crippen LogP contribution in [0.4, 0.5) is 0 Å². The monoisotopic (exact) mass is 291 g/mol. The first-order valence-electron chi connectivity index (χ1n) is 7.08. The summed E-state index contributed by atoms with van der Waals surface area (Å²) < 4.78 is 5.39. The normalized spacial score (nSPS) is 17.2. The van der Waals surface area contributed by atoms with Crippen LogP contribution >= 0.6 is 0 Å². The van der Waals surface area contributed by atoms with Crippen LogP contribution in [-0.4, -0.2) is 48.7 Å². The van der Waals surface area contributed by atoms with Crippen LogP contribution in [0.5, 0.6) is 0 Å². The van der Waals surface area contributed by atoms with E-state index in [9.17, 15) is 9.59 Å². The summed E-state index contributed by atoms with van der Waals surface area (Å²) in [5.74, 6) is -1.14. The molecule has 1 fully saturated rings. The van der Waals surface area contributed by atoms with Crippen LogP contribution in [0.25, 0.3) is 0 Å². The number of amides is 1. The fraction of sp³-hybridized carbons (Fsp3) is 0.500. The highest BCUT2D eigenvalue weighted by Gasteiger charge is 2.43. The van der Waals surface area contributed by atoms with E-state index in [1.807, 2.05) is 31.2 Å². The number of carbonyl (C=O) groups excluding carboxylic acids is 1. The van der Waals surface area contributed by atoms with E-state index in [0.29, 0.717) is 26.1 Å². The van der Waals surface area contributed by atoms with Gasteiger partial charge in [-0.2, -0.15) is 0 Å². The van der Waals surface area contributed by atoms with Gasteiger partial charge in [-0.1, -0.05) is 29.8 Å². The van der Waals surface area contributed by atoms with E-state index >= 15 is 0 Å². The summed E-state index contributed by atoms with van der Waals surface area (Å²) in [5, 5.41) is 8.90. The number of aryl methyl sites for hydroxylation is 1. The zero-order valence-corrected chi connectivity index (χ0v) is 12.5. The Bertz CT molecular complexity index is 518. The minimum atomic E-state index is -1.00. The number of ether oxygens (including phenoxy) is 1. The van der Waals surface area contributed by atoms with Gasteiger partial charge in [0.1, 0.15) is 6.54 Å². The molecule has 1 aromatic carbocycles. The van der Waals surface area contributed by atoms with Crippen LogP contribution in [0.3, 0.4) is 0 Å². The van der Waals surface area contributed by atoms with E-state index in [4.69, 9.17) is 9.84 Å². The second-order valence-electron chi connectivity index (χ2n) is 5.62. The molecule has 0 unspecified atom stereocenters. The fourth-order valence-corrected chi connectivity index (χ4v) is 2.86. The van der Waals surface area contributed by atoms with Crippen LogP contribution < -0.4 is 0 Å². The van der Waals surface area contributed by atoms with E-state index in [2.05, 4.69) is 0 Å². The third kappa shape index (κ3) is 3.24. The molecular weight excluding hydrogens is 270 g/mol. The van der Waals surface area contributed by atoms with Gasteiger partial charge in [-0.15, -0.1) is 0 Å². The number of carboxylic acid groups (broad SMARTS) is 1. The summed E-state index contributed by atoms with van der Waals surface area (Å²) in [5.41, 5.74) is 1.40. The number of benzene rings is 1. The zero-order valence-electron chi connectivity index (χ0n) is 12.5. The second-order valence-corrected chi connectivity index (χ2v) is 5.62. The summed E-state index contributed by atoms with van der Waals surface area (Å²) in [6.07, 6.45) is 1.16. The molecule has 5 heteroatoms. The lowest BCUT2D eigenvalue weighted by Crippen LogP contribution is -2.49. The lowest BCUT2D eigenvalue weighted by atomic mass is 9.73. The van der Waals surface area contributed by atoms with Gasteiger partial charge in [-0.05, 0) is 25.3 Å². The molecule has 1 saturated heterocycles. The first-order chi connectivity index (χ1) is 9.95. The van der Waals surface area contributed by atoms with Crippen molar-refractivity contribution in [2.75, 3.05) is 26.8 Å². The molecule has 5 nitrogen and oxygen atoms in total. The summed E-state index contributed by atoms with van der Waals surface area (Å²) in [6.45, 7) is 2.74. The molecule has 1 aliphatic heterocycles. The molecule has 0 aromatic heterocycles. The Morgan fingerprint density at radius 2 is 1.81 bits per heavy atom. The highest BCUT2D eigenvalue weighted by Crippen LogP contribution is 2.36. The van der Waals surface area contributed by atoms with E-state index in [1.165, 1.54) is 4.90 Å². The number of carbonyl (C=O) groups is 2. The molecule has 0 bridgehead atoms. The first-order valence-corrected chi connectivity index (χ1v) is 7.08. The maximum atomic E-state index is 12.8. The van der Waals surface area contributed by atoms with Gasteiger partial charge in [0.2, 0.25) is 5.91 Å². The maximum absolute atomic E-state index is 12.8. The molecule has 1 amide bonds. The highest BCUT2D eigenvalue weighted by atomic mass is 16.5. The Hall–Kier alpha value is -1.88. The average molecular weight is 291 g/mol. The van der Waals surface area contributed by atoms with Crippen molar-refractivity contribution in [2.45, 2.75) is 25.2 Å².